The van der Waals surface area contributed by atoms with Gasteiger partial charge in [0.05, 0.1) is 17.3 Å². The van der Waals surface area contributed by atoms with E-state index in [2.05, 4.69) is 11.1 Å². The molecule has 4 nitrogen and oxygen atoms in total. The third kappa shape index (κ3) is 2.84. The molecule has 0 amide bonds. The van der Waals surface area contributed by atoms with Crippen LogP contribution in [0, 0.1) is 11.3 Å². The van der Waals surface area contributed by atoms with Crippen LogP contribution in [0.5, 0.6) is 5.75 Å². The van der Waals surface area contributed by atoms with Crippen molar-refractivity contribution in [3.8, 4) is 11.8 Å². The number of hydrogen-bond acceptors (Lipinski definition) is 4. The van der Waals surface area contributed by atoms with Gasteiger partial charge in [0.2, 0.25) is 0 Å². The number of ether oxygens (including phenoxy) is 1. The van der Waals surface area contributed by atoms with Gasteiger partial charge in [-0.25, -0.2) is 0 Å². The first kappa shape index (κ1) is 12.1. The van der Waals surface area contributed by atoms with Crippen molar-refractivity contribution in [3.05, 3.63) is 59.9 Å². The van der Waals surface area contributed by atoms with Crippen molar-refractivity contribution in [2.75, 3.05) is 6.54 Å². The molecule has 0 aliphatic heterocycles. The molecule has 0 saturated carbocycles. The molecule has 4 heteroatoms. The summed E-state index contributed by atoms with van der Waals surface area (Å²) in [5, 5.41) is 8.83. The predicted molar refractivity (Wildman–Crippen MR) is 67.8 cm³/mol. The Labute approximate surface area is 106 Å². The summed E-state index contributed by atoms with van der Waals surface area (Å²) in [4.78, 5) is 4.22. The lowest BCUT2D eigenvalue weighted by Crippen LogP contribution is -2.19. The van der Waals surface area contributed by atoms with E-state index in [0.29, 0.717) is 17.9 Å². The van der Waals surface area contributed by atoms with Gasteiger partial charge in [0, 0.05) is 12.7 Å². The molecule has 0 saturated heterocycles. The summed E-state index contributed by atoms with van der Waals surface area (Å²) in [6.07, 6.45) is 1.40. The highest BCUT2D eigenvalue weighted by molar-refractivity contribution is 5.36. The summed E-state index contributed by atoms with van der Waals surface area (Å²) in [5.41, 5.74) is 7.03. The second-order valence-electron chi connectivity index (χ2n) is 3.74. The molecule has 1 unspecified atom stereocenters. The zero-order valence-electron chi connectivity index (χ0n) is 9.78. The molecule has 0 radical (unpaired) electrons. The van der Waals surface area contributed by atoms with Crippen LogP contribution in [0.4, 0.5) is 0 Å². The first-order chi connectivity index (χ1) is 8.83. The van der Waals surface area contributed by atoms with Gasteiger partial charge >= 0.3 is 0 Å². The van der Waals surface area contributed by atoms with Crippen LogP contribution < -0.4 is 10.5 Å². The van der Waals surface area contributed by atoms with Crippen LogP contribution in [-0.2, 0) is 0 Å². The zero-order chi connectivity index (χ0) is 12.8. The smallest absolute Gasteiger partial charge is 0.153 e. The van der Waals surface area contributed by atoms with Gasteiger partial charge in [-0.15, -0.1) is 0 Å². The Hall–Kier alpha value is -2.38. The van der Waals surface area contributed by atoms with E-state index < -0.39 is 0 Å². The number of aromatic nitrogens is 1. The molecular formula is C14H13N3O. The number of rotatable bonds is 4. The highest BCUT2D eigenvalue weighted by Gasteiger charge is 2.12. The first-order valence-corrected chi connectivity index (χ1v) is 5.61. The maximum Gasteiger partial charge on any atom is 0.153 e. The standard InChI is InChI=1S/C14H13N3O/c15-9-11-4-3-5-12(8-11)18-14(10-16)13-6-1-2-7-17-13/h1-8,14H,10,16H2. The molecule has 2 aromatic rings. The summed E-state index contributed by atoms with van der Waals surface area (Å²) < 4.78 is 5.75. The summed E-state index contributed by atoms with van der Waals surface area (Å²) in [6, 6.07) is 14.7. The van der Waals surface area contributed by atoms with E-state index in [0.717, 1.165) is 5.69 Å². The van der Waals surface area contributed by atoms with Crippen molar-refractivity contribution in [1.29, 1.82) is 5.26 Å². The third-order valence-corrected chi connectivity index (χ3v) is 2.47. The van der Waals surface area contributed by atoms with Crippen LogP contribution in [0.15, 0.2) is 48.7 Å². The largest absolute Gasteiger partial charge is 0.483 e. The van der Waals surface area contributed by atoms with Crippen molar-refractivity contribution in [3.63, 3.8) is 0 Å². The molecule has 1 atom stereocenters. The van der Waals surface area contributed by atoms with Crippen LogP contribution in [0.25, 0.3) is 0 Å². The molecule has 2 rings (SSSR count). The average Bonchev–Trinajstić information content (AvgIpc) is 2.46. The minimum Gasteiger partial charge on any atom is -0.483 e. The van der Waals surface area contributed by atoms with Crippen molar-refractivity contribution in [1.82, 2.24) is 4.98 Å². The Balaban J connectivity index is 2.18. The van der Waals surface area contributed by atoms with Crippen molar-refractivity contribution in [2.24, 2.45) is 5.73 Å². The number of nitrogens with zero attached hydrogens (tertiary/aromatic N) is 2. The Kier molecular flexibility index (Phi) is 3.90. The lowest BCUT2D eigenvalue weighted by molar-refractivity contribution is 0.209. The molecule has 2 N–H and O–H groups in total. The van der Waals surface area contributed by atoms with Crippen LogP contribution in [-0.4, -0.2) is 11.5 Å². The van der Waals surface area contributed by atoms with Gasteiger partial charge in [0.25, 0.3) is 0 Å². The molecule has 90 valence electrons. The highest BCUT2D eigenvalue weighted by atomic mass is 16.5. The number of benzene rings is 1. The third-order valence-electron chi connectivity index (χ3n) is 2.47. The summed E-state index contributed by atoms with van der Waals surface area (Å²) in [5.74, 6) is 0.621. The molecule has 0 fully saturated rings. The van der Waals surface area contributed by atoms with E-state index in [-0.39, 0.29) is 6.10 Å². The summed E-state index contributed by atoms with van der Waals surface area (Å²) in [6.45, 7) is 0.327. The number of hydrogen-bond donors (Lipinski definition) is 1. The number of pyridine rings is 1. The molecule has 0 aliphatic carbocycles. The molecule has 18 heavy (non-hydrogen) atoms. The minimum absolute atomic E-state index is 0.305. The van der Waals surface area contributed by atoms with Crippen LogP contribution in [0.3, 0.4) is 0 Å². The van der Waals surface area contributed by atoms with Gasteiger partial charge in [-0.3, -0.25) is 4.98 Å². The van der Waals surface area contributed by atoms with Gasteiger partial charge in [0.15, 0.2) is 6.10 Å². The fraction of sp³-hybridized carbons (Fsp3) is 0.143. The second kappa shape index (κ2) is 5.80. The maximum absolute atomic E-state index is 8.83. The fourth-order valence-electron chi connectivity index (χ4n) is 1.60. The Morgan fingerprint density at radius 1 is 1.28 bits per heavy atom. The molecule has 1 aromatic heterocycles. The zero-order valence-corrected chi connectivity index (χ0v) is 9.78. The number of nitrogens with two attached hydrogens (primary N) is 1. The lowest BCUT2D eigenvalue weighted by atomic mass is 10.2. The molecule has 0 spiro atoms. The fourth-order valence-corrected chi connectivity index (χ4v) is 1.60. The average molecular weight is 239 g/mol. The van der Waals surface area contributed by atoms with Gasteiger partial charge in [-0.1, -0.05) is 12.1 Å². The topological polar surface area (TPSA) is 71.9 Å². The monoisotopic (exact) mass is 239 g/mol. The predicted octanol–water partition coefficient (Wildman–Crippen LogP) is 2.03. The normalized spacial score (nSPS) is 11.6. The van der Waals surface area contributed by atoms with E-state index in [1.165, 1.54) is 0 Å². The second-order valence-corrected chi connectivity index (χ2v) is 3.74. The molecular weight excluding hydrogens is 226 g/mol. The van der Waals surface area contributed by atoms with Crippen molar-refractivity contribution >= 4 is 0 Å². The maximum atomic E-state index is 8.83. The van der Waals surface area contributed by atoms with Crippen LogP contribution in [0.1, 0.15) is 17.4 Å². The minimum atomic E-state index is -0.305. The van der Waals surface area contributed by atoms with E-state index in [4.69, 9.17) is 15.7 Å². The quantitative estimate of drug-likeness (QED) is 0.886. The lowest BCUT2D eigenvalue weighted by Gasteiger charge is -2.16. The first-order valence-electron chi connectivity index (χ1n) is 5.61. The van der Waals surface area contributed by atoms with E-state index in [1.54, 1.807) is 30.5 Å². The SMILES string of the molecule is N#Cc1cccc(OC(CN)c2ccccn2)c1. The van der Waals surface area contributed by atoms with E-state index in [1.807, 2.05) is 18.2 Å². The van der Waals surface area contributed by atoms with E-state index in [9.17, 15) is 0 Å². The van der Waals surface area contributed by atoms with Gasteiger partial charge in [-0.05, 0) is 30.3 Å². The van der Waals surface area contributed by atoms with Crippen LogP contribution >= 0.6 is 0 Å². The summed E-state index contributed by atoms with van der Waals surface area (Å²) >= 11 is 0. The molecule has 1 aromatic carbocycles. The van der Waals surface area contributed by atoms with Gasteiger partial charge in [-0.2, -0.15) is 5.26 Å². The van der Waals surface area contributed by atoms with Gasteiger partial charge in [0.1, 0.15) is 5.75 Å². The van der Waals surface area contributed by atoms with Crippen LogP contribution in [0.2, 0.25) is 0 Å². The van der Waals surface area contributed by atoms with Crippen molar-refractivity contribution < 1.29 is 4.74 Å². The molecule has 0 bridgehead atoms. The summed E-state index contributed by atoms with van der Waals surface area (Å²) in [7, 11) is 0. The van der Waals surface area contributed by atoms with Gasteiger partial charge < -0.3 is 10.5 Å². The van der Waals surface area contributed by atoms with Crippen molar-refractivity contribution in [2.45, 2.75) is 6.10 Å². The highest BCUT2D eigenvalue weighted by Crippen LogP contribution is 2.20. The number of nitriles is 1. The molecule has 0 aliphatic rings. The Morgan fingerprint density at radius 2 is 2.17 bits per heavy atom. The molecule has 1 heterocycles. The Bertz CT molecular complexity index is 548. The Morgan fingerprint density at radius 3 is 2.83 bits per heavy atom. The van der Waals surface area contributed by atoms with E-state index >= 15 is 0 Å².